The summed E-state index contributed by atoms with van der Waals surface area (Å²) in [4.78, 5) is 28.6. The summed E-state index contributed by atoms with van der Waals surface area (Å²) in [5.41, 5.74) is 1.18. The summed E-state index contributed by atoms with van der Waals surface area (Å²) < 4.78 is 16.0. The lowest BCUT2D eigenvalue weighted by Gasteiger charge is -2.38. The summed E-state index contributed by atoms with van der Waals surface area (Å²) in [5.74, 6) is -0.293. The second-order valence-electron chi connectivity index (χ2n) is 8.87. The van der Waals surface area contributed by atoms with Gasteiger partial charge in [-0.15, -0.1) is 5.10 Å². The molecular formula is C22H25FN6O3. The van der Waals surface area contributed by atoms with Gasteiger partial charge in [0, 0.05) is 42.9 Å². The highest BCUT2D eigenvalue weighted by Gasteiger charge is 2.49. The number of rotatable bonds is 5. The van der Waals surface area contributed by atoms with E-state index in [1.54, 1.807) is 23.1 Å². The van der Waals surface area contributed by atoms with E-state index in [-0.39, 0.29) is 22.7 Å². The predicted molar refractivity (Wildman–Crippen MR) is 111 cm³/mol. The van der Waals surface area contributed by atoms with Crippen LogP contribution in [0.2, 0.25) is 0 Å². The molecular weight excluding hydrogens is 415 g/mol. The first-order chi connectivity index (χ1) is 15.4. The fraction of sp³-hybridized carbons (Fsp3) is 0.500. The van der Waals surface area contributed by atoms with Gasteiger partial charge in [0.1, 0.15) is 12.1 Å². The predicted octanol–water partition coefficient (Wildman–Crippen LogP) is 1.40. The minimum atomic E-state index is -0.975. The Balaban J connectivity index is 1.20. The Morgan fingerprint density at radius 3 is 2.56 bits per heavy atom. The molecule has 3 aliphatic rings. The number of carbonyl (C=O) groups excluding carboxylic acids is 2. The van der Waals surface area contributed by atoms with Crippen LogP contribution < -0.4 is 0 Å². The van der Waals surface area contributed by atoms with Crippen molar-refractivity contribution in [2.45, 2.75) is 38.2 Å². The molecule has 0 saturated carbocycles. The standard InChI is InChI=1S/C22H25FN6O3/c23-19-12-16(29-14-24-25-26-29)2-4-18(19)20(31)13-27-8-5-22(6-9-27)7-10-28(21(22)32)15-1-3-17(30)11-15/h2,4,11-12,14,20,31H,1,3,5-10,13H2. The van der Waals surface area contributed by atoms with Gasteiger partial charge in [-0.3, -0.25) is 9.59 Å². The van der Waals surface area contributed by atoms with Crippen molar-refractivity contribution in [1.82, 2.24) is 30.0 Å². The third-order valence-electron chi connectivity index (χ3n) is 7.02. The number of aliphatic hydroxyl groups is 1. The van der Waals surface area contributed by atoms with Crippen LogP contribution in [-0.2, 0) is 9.59 Å². The number of hydrogen-bond acceptors (Lipinski definition) is 7. The number of aliphatic hydroxyl groups excluding tert-OH is 1. The fourth-order valence-electron chi connectivity index (χ4n) is 5.07. The van der Waals surface area contributed by atoms with Crippen LogP contribution in [0.3, 0.4) is 0 Å². The smallest absolute Gasteiger partial charge is 0.233 e. The van der Waals surface area contributed by atoms with E-state index < -0.39 is 11.9 Å². The number of amides is 1. The summed E-state index contributed by atoms with van der Waals surface area (Å²) in [6, 6.07) is 4.52. The average Bonchev–Trinajstić information content (AvgIpc) is 3.52. The third-order valence-corrected chi connectivity index (χ3v) is 7.02. The highest BCUT2D eigenvalue weighted by atomic mass is 19.1. The number of β-amino-alcohol motifs (C(OH)–C–C–N with tert-alkyl or cyclic N) is 1. The van der Waals surface area contributed by atoms with E-state index in [9.17, 15) is 19.1 Å². The number of piperidine rings is 1. The topological polar surface area (TPSA) is 104 Å². The molecule has 5 rings (SSSR count). The number of halogens is 1. The van der Waals surface area contributed by atoms with Crippen LogP contribution in [0.4, 0.5) is 4.39 Å². The van der Waals surface area contributed by atoms with E-state index in [1.165, 1.54) is 17.1 Å². The van der Waals surface area contributed by atoms with E-state index in [0.29, 0.717) is 57.5 Å². The lowest BCUT2D eigenvalue weighted by atomic mass is 9.77. The van der Waals surface area contributed by atoms with Crippen molar-refractivity contribution in [3.8, 4) is 5.69 Å². The summed E-state index contributed by atoms with van der Waals surface area (Å²) >= 11 is 0. The zero-order chi connectivity index (χ0) is 22.3. The van der Waals surface area contributed by atoms with Crippen LogP contribution >= 0.6 is 0 Å². The van der Waals surface area contributed by atoms with Gasteiger partial charge in [0.05, 0.1) is 17.2 Å². The van der Waals surface area contributed by atoms with Crippen molar-refractivity contribution in [2.24, 2.45) is 5.41 Å². The fourth-order valence-corrected chi connectivity index (χ4v) is 5.07. The number of ketones is 1. The Labute approximate surface area is 184 Å². The van der Waals surface area contributed by atoms with Gasteiger partial charge in [0.25, 0.3) is 0 Å². The highest BCUT2D eigenvalue weighted by molar-refractivity contribution is 5.95. The number of hydrogen-bond donors (Lipinski definition) is 1. The first-order valence-electron chi connectivity index (χ1n) is 10.9. The Morgan fingerprint density at radius 1 is 1.12 bits per heavy atom. The molecule has 2 aliphatic heterocycles. The molecule has 3 heterocycles. The molecule has 1 atom stereocenters. The Kier molecular flexibility index (Phi) is 5.34. The average molecular weight is 440 g/mol. The van der Waals surface area contributed by atoms with Gasteiger partial charge < -0.3 is 14.9 Å². The molecule has 0 bridgehead atoms. The molecule has 1 aromatic heterocycles. The van der Waals surface area contributed by atoms with E-state index in [2.05, 4.69) is 20.4 Å². The number of allylic oxidation sites excluding steroid dienone is 2. The van der Waals surface area contributed by atoms with Crippen LogP contribution in [-0.4, -0.2) is 73.0 Å². The summed E-state index contributed by atoms with van der Waals surface area (Å²) in [6.45, 7) is 2.30. The maximum Gasteiger partial charge on any atom is 0.233 e. The van der Waals surface area contributed by atoms with E-state index >= 15 is 0 Å². The number of carbonyl (C=O) groups is 2. The number of aromatic nitrogens is 4. The maximum atomic E-state index is 14.6. The number of tetrazole rings is 1. The van der Waals surface area contributed by atoms with Crippen LogP contribution in [0.1, 0.15) is 43.8 Å². The number of benzene rings is 1. The molecule has 168 valence electrons. The minimum absolute atomic E-state index is 0.0933. The Bertz CT molecular complexity index is 1060. The zero-order valence-corrected chi connectivity index (χ0v) is 17.7. The third kappa shape index (κ3) is 3.73. The quantitative estimate of drug-likeness (QED) is 0.749. The molecule has 1 spiro atoms. The van der Waals surface area contributed by atoms with Crippen LogP contribution in [0.25, 0.3) is 5.69 Å². The van der Waals surface area contributed by atoms with Crippen LogP contribution in [0.5, 0.6) is 0 Å². The second kappa shape index (κ2) is 8.18. The molecule has 10 heteroatoms. The van der Waals surface area contributed by atoms with E-state index in [1.807, 2.05) is 0 Å². The van der Waals surface area contributed by atoms with Crippen molar-refractivity contribution in [2.75, 3.05) is 26.2 Å². The van der Waals surface area contributed by atoms with Crippen molar-refractivity contribution in [3.05, 3.63) is 47.7 Å². The van der Waals surface area contributed by atoms with Gasteiger partial charge >= 0.3 is 0 Å². The number of likely N-dealkylation sites (tertiary alicyclic amines) is 2. The van der Waals surface area contributed by atoms with Crippen molar-refractivity contribution < 1.29 is 19.1 Å². The molecule has 9 nitrogen and oxygen atoms in total. The highest BCUT2D eigenvalue weighted by Crippen LogP contribution is 2.44. The van der Waals surface area contributed by atoms with Gasteiger partial charge in [-0.25, -0.2) is 9.07 Å². The minimum Gasteiger partial charge on any atom is -0.387 e. The van der Waals surface area contributed by atoms with Crippen molar-refractivity contribution >= 4 is 11.7 Å². The summed E-state index contributed by atoms with van der Waals surface area (Å²) in [7, 11) is 0. The van der Waals surface area contributed by atoms with Gasteiger partial charge in [-0.05, 0) is 55.3 Å². The van der Waals surface area contributed by atoms with Gasteiger partial charge in [-0.1, -0.05) is 6.07 Å². The maximum absolute atomic E-state index is 14.6. The molecule has 1 aliphatic carbocycles. The SMILES string of the molecule is O=C1C=C(N2CCC3(CCN(CC(O)c4ccc(-n5cnnn5)cc4F)CC3)C2=O)CC1. The van der Waals surface area contributed by atoms with Crippen molar-refractivity contribution in [3.63, 3.8) is 0 Å². The molecule has 1 unspecified atom stereocenters. The summed E-state index contributed by atoms with van der Waals surface area (Å²) in [5, 5.41) is 21.5. The van der Waals surface area contributed by atoms with E-state index in [4.69, 9.17) is 0 Å². The van der Waals surface area contributed by atoms with Gasteiger partial charge in [0.2, 0.25) is 5.91 Å². The normalized spacial score (nSPS) is 22.1. The van der Waals surface area contributed by atoms with Crippen LogP contribution in [0.15, 0.2) is 36.3 Å². The molecule has 2 fully saturated rings. The Hall–Kier alpha value is -2.98. The monoisotopic (exact) mass is 440 g/mol. The largest absolute Gasteiger partial charge is 0.387 e. The number of nitrogens with zero attached hydrogens (tertiary/aromatic N) is 6. The lowest BCUT2D eigenvalue weighted by Crippen LogP contribution is -2.45. The van der Waals surface area contributed by atoms with Gasteiger partial charge in [0.15, 0.2) is 5.78 Å². The Morgan fingerprint density at radius 2 is 1.91 bits per heavy atom. The molecule has 1 amide bonds. The summed E-state index contributed by atoms with van der Waals surface area (Å²) in [6.07, 6.45) is 5.36. The van der Waals surface area contributed by atoms with E-state index in [0.717, 1.165) is 12.1 Å². The molecule has 2 saturated heterocycles. The molecule has 1 N–H and O–H groups in total. The first-order valence-corrected chi connectivity index (χ1v) is 10.9. The molecule has 32 heavy (non-hydrogen) atoms. The molecule has 1 aromatic carbocycles. The van der Waals surface area contributed by atoms with Crippen LogP contribution in [0, 0.1) is 11.2 Å². The lowest BCUT2D eigenvalue weighted by molar-refractivity contribution is -0.137. The first kappa shape index (κ1) is 20.9. The second-order valence-corrected chi connectivity index (χ2v) is 8.87. The molecule has 2 aromatic rings. The molecule has 0 radical (unpaired) electrons. The zero-order valence-electron chi connectivity index (χ0n) is 17.7. The van der Waals surface area contributed by atoms with Crippen molar-refractivity contribution in [1.29, 1.82) is 0 Å². The van der Waals surface area contributed by atoms with Gasteiger partial charge in [-0.2, -0.15) is 0 Å².